The molecule has 6 heteroatoms. The zero-order valence-electron chi connectivity index (χ0n) is 13.2. The van der Waals surface area contributed by atoms with Gasteiger partial charge < -0.3 is 9.15 Å². The number of ether oxygens (including phenoxy) is 1. The number of benzene rings is 1. The first-order valence-corrected chi connectivity index (χ1v) is 7.93. The van der Waals surface area contributed by atoms with Gasteiger partial charge in [-0.3, -0.25) is 9.59 Å². The van der Waals surface area contributed by atoms with Gasteiger partial charge >= 0.3 is 5.97 Å². The molecule has 0 spiro atoms. The van der Waals surface area contributed by atoms with Crippen molar-refractivity contribution in [1.82, 2.24) is 4.98 Å². The molecule has 1 aromatic carbocycles. The summed E-state index contributed by atoms with van der Waals surface area (Å²) in [6.07, 6.45) is 0. The summed E-state index contributed by atoms with van der Waals surface area (Å²) in [5.41, 5.74) is 1.98. The molecule has 0 N–H and O–H groups in total. The Morgan fingerprint density at radius 2 is 2.00 bits per heavy atom. The Kier molecular flexibility index (Phi) is 3.77. The molecule has 0 radical (unpaired) electrons. The molecule has 0 fully saturated rings. The van der Waals surface area contributed by atoms with Crippen molar-refractivity contribution < 1.29 is 13.9 Å². The van der Waals surface area contributed by atoms with Crippen LogP contribution in [0.5, 0.6) is 5.75 Å². The Balaban J connectivity index is 2.38. The van der Waals surface area contributed by atoms with Crippen molar-refractivity contribution in [1.29, 1.82) is 0 Å². The van der Waals surface area contributed by atoms with Gasteiger partial charge in [-0.05, 0) is 38.5 Å². The van der Waals surface area contributed by atoms with E-state index in [0.717, 1.165) is 10.6 Å². The number of hydrogen-bond donors (Lipinski definition) is 0. The zero-order chi connectivity index (χ0) is 16.7. The first-order chi connectivity index (χ1) is 10.9. The Hall–Kier alpha value is -2.47. The van der Waals surface area contributed by atoms with Crippen molar-refractivity contribution in [2.45, 2.75) is 27.7 Å². The van der Waals surface area contributed by atoms with Crippen molar-refractivity contribution >= 4 is 28.3 Å². The monoisotopic (exact) mass is 329 g/mol. The van der Waals surface area contributed by atoms with Crippen LogP contribution < -0.4 is 10.2 Å². The number of fused-ring (bicyclic) bond motifs is 1. The predicted molar refractivity (Wildman–Crippen MR) is 89.1 cm³/mol. The summed E-state index contributed by atoms with van der Waals surface area (Å²) < 4.78 is 11.0. The van der Waals surface area contributed by atoms with Gasteiger partial charge in [0.2, 0.25) is 5.43 Å². The van der Waals surface area contributed by atoms with Gasteiger partial charge in [0.15, 0.2) is 0 Å². The highest BCUT2D eigenvalue weighted by atomic mass is 32.1. The van der Waals surface area contributed by atoms with Crippen LogP contribution in [0.3, 0.4) is 0 Å². The highest BCUT2D eigenvalue weighted by molar-refractivity contribution is 7.09. The normalized spacial score (nSPS) is 11.0. The number of carbonyl (C=O) groups excluding carboxylic acids is 1. The maximum absolute atomic E-state index is 13.0. The molecular weight excluding hydrogens is 314 g/mol. The second-order valence-corrected chi connectivity index (χ2v) is 6.41. The van der Waals surface area contributed by atoms with Gasteiger partial charge in [-0.15, -0.1) is 11.3 Å². The van der Waals surface area contributed by atoms with Crippen LogP contribution in [-0.4, -0.2) is 11.0 Å². The van der Waals surface area contributed by atoms with Crippen LogP contribution in [0, 0.1) is 20.8 Å². The molecule has 23 heavy (non-hydrogen) atoms. The van der Waals surface area contributed by atoms with Crippen LogP contribution in [0.1, 0.15) is 23.3 Å². The molecule has 2 heterocycles. The van der Waals surface area contributed by atoms with Crippen molar-refractivity contribution in [3.63, 3.8) is 0 Å². The molecule has 0 amide bonds. The number of esters is 1. The van der Waals surface area contributed by atoms with Crippen LogP contribution in [0.15, 0.2) is 26.7 Å². The molecule has 118 valence electrons. The van der Waals surface area contributed by atoms with Crippen molar-refractivity contribution in [3.8, 4) is 17.0 Å². The molecule has 3 aromatic rings. The Bertz CT molecular complexity index is 984. The third-order valence-electron chi connectivity index (χ3n) is 3.41. The highest BCUT2D eigenvalue weighted by Gasteiger charge is 2.19. The molecule has 0 saturated carbocycles. The van der Waals surface area contributed by atoms with Gasteiger partial charge in [0.05, 0.1) is 16.3 Å². The van der Waals surface area contributed by atoms with E-state index in [1.54, 1.807) is 19.1 Å². The molecule has 0 unspecified atom stereocenters. The molecular formula is C17H15NO4S. The number of aryl methyl sites for hydroxylation is 3. The lowest BCUT2D eigenvalue weighted by atomic mass is 10.1. The van der Waals surface area contributed by atoms with Gasteiger partial charge in [0, 0.05) is 12.3 Å². The average Bonchev–Trinajstić information content (AvgIpc) is 2.83. The first-order valence-electron chi connectivity index (χ1n) is 7.06. The third-order valence-corrected chi connectivity index (χ3v) is 4.18. The molecule has 0 atom stereocenters. The number of hydrogen-bond acceptors (Lipinski definition) is 6. The summed E-state index contributed by atoms with van der Waals surface area (Å²) in [6.45, 7) is 6.76. The summed E-state index contributed by atoms with van der Waals surface area (Å²) in [6, 6.07) is 3.42. The fourth-order valence-electron chi connectivity index (χ4n) is 2.54. The molecule has 5 nitrogen and oxygen atoms in total. The third kappa shape index (κ3) is 2.77. The minimum Gasteiger partial charge on any atom is -0.460 e. The van der Waals surface area contributed by atoms with Crippen molar-refractivity contribution in [2.75, 3.05) is 0 Å². The molecule has 0 aliphatic rings. The van der Waals surface area contributed by atoms with Crippen molar-refractivity contribution in [2.24, 2.45) is 0 Å². The average molecular weight is 329 g/mol. The lowest BCUT2D eigenvalue weighted by Gasteiger charge is -2.09. The van der Waals surface area contributed by atoms with Gasteiger partial charge in [-0.1, -0.05) is 0 Å². The van der Waals surface area contributed by atoms with E-state index in [1.165, 1.54) is 18.3 Å². The number of thiazole rings is 1. The number of carbonyl (C=O) groups is 1. The SMILES string of the molecule is CC(=O)Oc1cc(C)cc2oc(C)c(-c3csc(C)n3)c(=O)c12. The van der Waals surface area contributed by atoms with Crippen LogP contribution >= 0.6 is 11.3 Å². The van der Waals surface area contributed by atoms with E-state index in [4.69, 9.17) is 9.15 Å². The van der Waals surface area contributed by atoms with Crippen molar-refractivity contribution in [3.05, 3.63) is 44.1 Å². The maximum atomic E-state index is 13.0. The Morgan fingerprint density at radius 3 is 2.61 bits per heavy atom. The maximum Gasteiger partial charge on any atom is 0.308 e. The minimum absolute atomic E-state index is 0.217. The Labute approximate surface area is 136 Å². The van der Waals surface area contributed by atoms with E-state index in [-0.39, 0.29) is 16.6 Å². The van der Waals surface area contributed by atoms with E-state index in [9.17, 15) is 9.59 Å². The van der Waals surface area contributed by atoms with Crippen LogP contribution in [-0.2, 0) is 4.79 Å². The molecule has 0 saturated heterocycles. The quantitative estimate of drug-likeness (QED) is 0.529. The molecule has 0 aliphatic heterocycles. The van der Waals surface area contributed by atoms with E-state index in [1.807, 2.05) is 19.2 Å². The van der Waals surface area contributed by atoms with E-state index in [0.29, 0.717) is 22.6 Å². The molecule has 2 aromatic heterocycles. The highest BCUT2D eigenvalue weighted by Crippen LogP contribution is 2.30. The van der Waals surface area contributed by atoms with Crippen LogP contribution in [0.4, 0.5) is 0 Å². The van der Waals surface area contributed by atoms with Gasteiger partial charge in [0.25, 0.3) is 0 Å². The van der Waals surface area contributed by atoms with Gasteiger partial charge in [-0.2, -0.15) is 0 Å². The summed E-state index contributed by atoms with van der Waals surface area (Å²) in [4.78, 5) is 28.7. The number of nitrogens with zero attached hydrogens (tertiary/aromatic N) is 1. The molecule has 3 rings (SSSR count). The van der Waals surface area contributed by atoms with E-state index >= 15 is 0 Å². The number of rotatable bonds is 2. The lowest BCUT2D eigenvalue weighted by molar-refractivity contribution is -0.131. The second kappa shape index (κ2) is 5.62. The molecule has 0 bridgehead atoms. The van der Waals surface area contributed by atoms with Gasteiger partial charge in [-0.25, -0.2) is 4.98 Å². The summed E-state index contributed by atoms with van der Waals surface area (Å²) in [7, 11) is 0. The topological polar surface area (TPSA) is 69.4 Å². The summed E-state index contributed by atoms with van der Waals surface area (Å²) in [5.74, 6) is 0.226. The first kappa shape index (κ1) is 15.4. The fourth-order valence-corrected chi connectivity index (χ4v) is 3.14. The Morgan fingerprint density at radius 1 is 1.26 bits per heavy atom. The number of aromatic nitrogens is 1. The minimum atomic E-state index is -0.483. The van der Waals surface area contributed by atoms with Crippen LogP contribution in [0.25, 0.3) is 22.2 Å². The largest absolute Gasteiger partial charge is 0.460 e. The summed E-state index contributed by atoms with van der Waals surface area (Å²) >= 11 is 1.46. The van der Waals surface area contributed by atoms with Gasteiger partial charge in [0.1, 0.15) is 22.5 Å². The second-order valence-electron chi connectivity index (χ2n) is 5.34. The van der Waals surface area contributed by atoms with Crippen LogP contribution in [0.2, 0.25) is 0 Å². The smallest absolute Gasteiger partial charge is 0.308 e. The fraction of sp³-hybridized carbons (Fsp3) is 0.235. The predicted octanol–water partition coefficient (Wildman–Crippen LogP) is 3.77. The van der Waals surface area contributed by atoms with E-state index in [2.05, 4.69) is 4.98 Å². The molecule has 0 aliphatic carbocycles. The lowest BCUT2D eigenvalue weighted by Crippen LogP contribution is -2.11. The zero-order valence-corrected chi connectivity index (χ0v) is 14.0. The summed E-state index contributed by atoms with van der Waals surface area (Å²) in [5, 5.41) is 2.94. The van der Waals surface area contributed by atoms with E-state index < -0.39 is 5.97 Å². The standard InChI is InChI=1S/C17H15NO4S/c1-8-5-13-16(14(6-8)22-11(4)19)17(20)15(9(2)21-13)12-7-23-10(3)18-12/h5-7H,1-4H3.